The standard InChI is InChI=1S/C15H11F4NOS/c16-9-1-3-12(18)14(7-9)20-15(21)5-6-22-10-2-4-11(17)13(19)8-10/h1-4,7-8H,5-6H2,(H,20,21). The maximum absolute atomic E-state index is 13.3. The molecule has 0 aliphatic carbocycles. The number of thioether (sulfide) groups is 1. The third kappa shape index (κ3) is 4.49. The molecule has 22 heavy (non-hydrogen) atoms. The molecule has 0 atom stereocenters. The van der Waals surface area contributed by atoms with Crippen LogP contribution in [-0.2, 0) is 4.79 Å². The number of carbonyl (C=O) groups is 1. The number of anilines is 1. The summed E-state index contributed by atoms with van der Waals surface area (Å²) in [6.45, 7) is 0. The molecule has 2 nitrogen and oxygen atoms in total. The Balaban J connectivity index is 1.85. The van der Waals surface area contributed by atoms with Crippen LogP contribution in [0.2, 0.25) is 0 Å². The Labute approximate surface area is 128 Å². The van der Waals surface area contributed by atoms with E-state index in [-0.39, 0.29) is 17.9 Å². The fraction of sp³-hybridized carbons (Fsp3) is 0.133. The number of nitrogens with one attached hydrogen (secondary N) is 1. The van der Waals surface area contributed by atoms with E-state index < -0.39 is 29.2 Å². The molecule has 7 heteroatoms. The lowest BCUT2D eigenvalue weighted by molar-refractivity contribution is -0.115. The summed E-state index contributed by atoms with van der Waals surface area (Å²) < 4.78 is 52.0. The van der Waals surface area contributed by atoms with Crippen LogP contribution in [-0.4, -0.2) is 11.7 Å². The van der Waals surface area contributed by atoms with E-state index in [1.54, 1.807) is 0 Å². The lowest BCUT2D eigenvalue weighted by atomic mass is 10.3. The number of hydrogen-bond donors (Lipinski definition) is 1. The molecule has 0 aromatic heterocycles. The molecule has 0 saturated heterocycles. The Morgan fingerprint density at radius 1 is 0.955 bits per heavy atom. The zero-order valence-corrected chi connectivity index (χ0v) is 12.0. The first-order valence-electron chi connectivity index (χ1n) is 6.28. The first kappa shape index (κ1) is 16.4. The summed E-state index contributed by atoms with van der Waals surface area (Å²) >= 11 is 1.15. The minimum absolute atomic E-state index is 0.0135. The molecule has 0 bridgehead atoms. The molecule has 116 valence electrons. The first-order valence-corrected chi connectivity index (χ1v) is 7.27. The van der Waals surface area contributed by atoms with E-state index in [1.807, 2.05) is 0 Å². The molecule has 0 unspecified atom stereocenters. The van der Waals surface area contributed by atoms with Gasteiger partial charge in [-0.3, -0.25) is 4.79 Å². The van der Waals surface area contributed by atoms with Gasteiger partial charge in [0.05, 0.1) is 5.69 Å². The Bertz CT molecular complexity index is 693. The molecule has 1 amide bonds. The lowest BCUT2D eigenvalue weighted by Crippen LogP contribution is -2.13. The van der Waals surface area contributed by atoms with Gasteiger partial charge in [-0.25, -0.2) is 17.6 Å². The first-order chi connectivity index (χ1) is 10.5. The van der Waals surface area contributed by atoms with E-state index in [9.17, 15) is 22.4 Å². The Morgan fingerprint density at radius 3 is 2.41 bits per heavy atom. The molecule has 2 aromatic carbocycles. The van der Waals surface area contributed by atoms with Crippen molar-refractivity contribution in [3.8, 4) is 0 Å². The summed E-state index contributed by atoms with van der Waals surface area (Å²) in [5.74, 6) is -3.51. The second kappa shape index (κ2) is 7.31. The van der Waals surface area contributed by atoms with Crippen LogP contribution >= 0.6 is 11.8 Å². The quantitative estimate of drug-likeness (QED) is 0.652. The van der Waals surface area contributed by atoms with Crippen LogP contribution < -0.4 is 5.32 Å². The maximum atomic E-state index is 13.3. The van der Waals surface area contributed by atoms with Crippen molar-refractivity contribution in [3.05, 3.63) is 59.7 Å². The summed E-state index contributed by atoms with van der Waals surface area (Å²) in [4.78, 5) is 12.1. The van der Waals surface area contributed by atoms with Gasteiger partial charge in [0.25, 0.3) is 0 Å². The smallest absolute Gasteiger partial charge is 0.225 e. The predicted molar refractivity (Wildman–Crippen MR) is 76.7 cm³/mol. The van der Waals surface area contributed by atoms with Crippen LogP contribution in [0.1, 0.15) is 6.42 Å². The highest BCUT2D eigenvalue weighted by atomic mass is 32.2. The normalized spacial score (nSPS) is 10.5. The topological polar surface area (TPSA) is 29.1 Å². The Morgan fingerprint density at radius 2 is 1.68 bits per heavy atom. The van der Waals surface area contributed by atoms with E-state index in [2.05, 4.69) is 5.32 Å². The molecular weight excluding hydrogens is 318 g/mol. The highest BCUT2D eigenvalue weighted by Crippen LogP contribution is 2.21. The predicted octanol–water partition coefficient (Wildman–Crippen LogP) is 4.36. The van der Waals surface area contributed by atoms with Gasteiger partial charge in [0.2, 0.25) is 5.91 Å². The maximum Gasteiger partial charge on any atom is 0.225 e. The summed E-state index contributed by atoms with van der Waals surface area (Å²) in [6.07, 6.45) is 0.0135. The Kier molecular flexibility index (Phi) is 5.43. The van der Waals surface area contributed by atoms with Crippen molar-refractivity contribution in [2.24, 2.45) is 0 Å². The van der Waals surface area contributed by atoms with Crippen LogP contribution in [0.3, 0.4) is 0 Å². The highest BCUT2D eigenvalue weighted by molar-refractivity contribution is 7.99. The van der Waals surface area contributed by atoms with Crippen molar-refractivity contribution >= 4 is 23.4 Å². The number of amides is 1. The highest BCUT2D eigenvalue weighted by Gasteiger charge is 2.09. The van der Waals surface area contributed by atoms with Crippen molar-refractivity contribution in [1.29, 1.82) is 0 Å². The van der Waals surface area contributed by atoms with Crippen LogP contribution in [0.5, 0.6) is 0 Å². The van der Waals surface area contributed by atoms with Crippen molar-refractivity contribution in [2.75, 3.05) is 11.1 Å². The number of hydrogen-bond acceptors (Lipinski definition) is 2. The number of benzene rings is 2. The summed E-state index contributed by atoms with van der Waals surface area (Å²) in [5, 5.41) is 2.26. The van der Waals surface area contributed by atoms with Gasteiger partial charge in [0.1, 0.15) is 11.6 Å². The molecule has 0 aliphatic heterocycles. The largest absolute Gasteiger partial charge is 0.323 e. The molecule has 0 aliphatic rings. The zero-order valence-electron chi connectivity index (χ0n) is 11.2. The molecule has 0 radical (unpaired) electrons. The van der Waals surface area contributed by atoms with Gasteiger partial charge in [0.15, 0.2) is 11.6 Å². The molecule has 0 fully saturated rings. The van der Waals surface area contributed by atoms with Gasteiger partial charge in [-0.05, 0) is 30.3 Å². The van der Waals surface area contributed by atoms with Crippen LogP contribution in [0, 0.1) is 23.3 Å². The molecule has 0 spiro atoms. The number of carbonyl (C=O) groups excluding carboxylic acids is 1. The summed E-state index contributed by atoms with van der Waals surface area (Å²) in [5.41, 5.74) is -0.233. The molecule has 0 saturated carbocycles. The molecule has 0 heterocycles. The number of rotatable bonds is 5. The molecule has 2 rings (SSSR count). The molecule has 1 N–H and O–H groups in total. The van der Waals surface area contributed by atoms with Gasteiger partial charge >= 0.3 is 0 Å². The summed E-state index contributed by atoms with van der Waals surface area (Å²) in [7, 11) is 0. The van der Waals surface area contributed by atoms with Gasteiger partial charge in [-0.2, -0.15) is 0 Å². The van der Waals surface area contributed by atoms with Crippen molar-refractivity contribution < 1.29 is 22.4 Å². The second-order valence-corrected chi connectivity index (χ2v) is 5.52. The van der Waals surface area contributed by atoms with Gasteiger partial charge in [-0.15, -0.1) is 11.8 Å². The minimum atomic E-state index is -0.962. The lowest BCUT2D eigenvalue weighted by Gasteiger charge is -2.06. The van der Waals surface area contributed by atoms with Crippen molar-refractivity contribution in [3.63, 3.8) is 0 Å². The van der Waals surface area contributed by atoms with Gasteiger partial charge in [0, 0.05) is 23.1 Å². The zero-order chi connectivity index (χ0) is 16.1. The van der Waals surface area contributed by atoms with Crippen molar-refractivity contribution in [1.82, 2.24) is 0 Å². The average molecular weight is 329 g/mol. The minimum Gasteiger partial charge on any atom is -0.323 e. The van der Waals surface area contributed by atoms with Crippen molar-refractivity contribution in [2.45, 2.75) is 11.3 Å². The van der Waals surface area contributed by atoms with Crippen LogP contribution in [0.4, 0.5) is 23.2 Å². The van der Waals surface area contributed by atoms with Gasteiger partial charge < -0.3 is 5.32 Å². The number of halogens is 4. The Hall–Kier alpha value is -2.02. The molecular formula is C15H11F4NOS. The van der Waals surface area contributed by atoms with E-state index in [0.717, 1.165) is 42.1 Å². The fourth-order valence-electron chi connectivity index (χ4n) is 1.63. The van der Waals surface area contributed by atoms with Crippen LogP contribution in [0.15, 0.2) is 41.3 Å². The monoisotopic (exact) mass is 329 g/mol. The van der Waals surface area contributed by atoms with Gasteiger partial charge in [-0.1, -0.05) is 0 Å². The second-order valence-electron chi connectivity index (χ2n) is 4.35. The van der Waals surface area contributed by atoms with E-state index in [0.29, 0.717) is 4.90 Å². The average Bonchev–Trinajstić information content (AvgIpc) is 2.47. The van der Waals surface area contributed by atoms with E-state index >= 15 is 0 Å². The van der Waals surface area contributed by atoms with E-state index in [1.165, 1.54) is 6.07 Å². The van der Waals surface area contributed by atoms with Crippen LogP contribution in [0.25, 0.3) is 0 Å². The SMILES string of the molecule is O=C(CCSc1ccc(F)c(F)c1)Nc1cc(F)ccc1F. The van der Waals surface area contributed by atoms with E-state index in [4.69, 9.17) is 0 Å². The third-order valence-electron chi connectivity index (χ3n) is 2.69. The molecule has 2 aromatic rings. The fourth-order valence-corrected chi connectivity index (χ4v) is 2.51. The summed E-state index contributed by atoms with van der Waals surface area (Å²) in [6, 6.07) is 6.18. The third-order valence-corrected chi connectivity index (χ3v) is 3.69.